The third kappa shape index (κ3) is 30.3. The molecule has 0 radical (unpaired) electrons. The van der Waals surface area contributed by atoms with Crippen LogP contribution in [0.5, 0.6) is 0 Å². The van der Waals surface area contributed by atoms with Crippen LogP contribution in [0.15, 0.2) is 0 Å². The summed E-state index contributed by atoms with van der Waals surface area (Å²) in [5.41, 5.74) is 0. The Labute approximate surface area is 283 Å². The fraction of sp³-hybridized carbons (Fsp3) is 0.950. The quantitative estimate of drug-likeness (QED) is 0.0499. The van der Waals surface area contributed by atoms with Crippen LogP contribution < -0.4 is 0 Å². The molecule has 0 aliphatic carbocycles. The Balaban J connectivity index is 3.76. The maximum atomic E-state index is 12.6. The Kier molecular flexibility index (Phi) is 33.8. The van der Waals surface area contributed by atoms with E-state index in [-0.39, 0.29) is 11.9 Å². The van der Waals surface area contributed by atoms with E-state index in [0.29, 0.717) is 24.9 Å². The Bertz CT molecular complexity index is 584. The molecular formula is C40H80O4Si. The molecule has 0 aromatic rings. The molecule has 0 amide bonds. The smallest absolute Gasteiger partial charge is 0.463 e. The van der Waals surface area contributed by atoms with Crippen LogP contribution in [0, 0.1) is 0 Å². The first-order valence-electron chi connectivity index (χ1n) is 20.5. The first-order chi connectivity index (χ1) is 22.0. The third-order valence-electron chi connectivity index (χ3n) is 9.65. The van der Waals surface area contributed by atoms with E-state index in [0.717, 1.165) is 25.7 Å². The lowest BCUT2D eigenvalue weighted by atomic mass is 10.0. The highest BCUT2D eigenvalue weighted by Crippen LogP contribution is 2.22. The van der Waals surface area contributed by atoms with E-state index in [1.807, 2.05) is 13.8 Å². The number of rotatable bonds is 36. The SMILES string of the molecule is CCCCCCCCCCCCCCCCCC(=O)O[Si](CC)(CC)OC(=O)CCCCCCCCCCCCCCCCC. The molecule has 0 spiro atoms. The van der Waals surface area contributed by atoms with Gasteiger partial charge in [-0.25, -0.2) is 0 Å². The van der Waals surface area contributed by atoms with Crippen molar-refractivity contribution < 1.29 is 18.4 Å². The summed E-state index contributed by atoms with van der Waals surface area (Å²) < 4.78 is 11.8. The molecule has 0 fully saturated rings. The molecule has 0 saturated carbocycles. The van der Waals surface area contributed by atoms with Crippen LogP contribution in [0.2, 0.25) is 12.1 Å². The monoisotopic (exact) mass is 653 g/mol. The van der Waals surface area contributed by atoms with Crippen LogP contribution in [0.1, 0.15) is 233 Å². The van der Waals surface area contributed by atoms with Gasteiger partial charge in [-0.05, 0) is 12.8 Å². The second-order valence-corrected chi connectivity index (χ2v) is 17.6. The topological polar surface area (TPSA) is 52.6 Å². The molecule has 0 heterocycles. The van der Waals surface area contributed by atoms with Gasteiger partial charge in [0.15, 0.2) is 0 Å². The summed E-state index contributed by atoms with van der Waals surface area (Å²) in [6.07, 6.45) is 40.3. The predicted octanol–water partition coefficient (Wildman–Crippen LogP) is 14.1. The Morgan fingerprint density at radius 1 is 0.333 bits per heavy atom. The Morgan fingerprint density at radius 3 is 0.733 bits per heavy atom. The zero-order valence-corrected chi connectivity index (χ0v) is 32.2. The number of hydrogen-bond acceptors (Lipinski definition) is 4. The van der Waals surface area contributed by atoms with E-state index < -0.39 is 8.56 Å². The van der Waals surface area contributed by atoms with Crippen molar-refractivity contribution in [3.63, 3.8) is 0 Å². The molecule has 0 saturated heterocycles. The van der Waals surface area contributed by atoms with Gasteiger partial charge in [0.2, 0.25) is 0 Å². The van der Waals surface area contributed by atoms with Crippen LogP contribution in [0.25, 0.3) is 0 Å². The van der Waals surface area contributed by atoms with Crippen molar-refractivity contribution >= 4 is 20.5 Å². The fourth-order valence-electron chi connectivity index (χ4n) is 6.36. The van der Waals surface area contributed by atoms with Gasteiger partial charge in [-0.15, -0.1) is 0 Å². The first-order valence-corrected chi connectivity index (χ1v) is 22.7. The molecular weight excluding hydrogens is 573 g/mol. The lowest BCUT2D eigenvalue weighted by molar-refractivity contribution is -0.141. The van der Waals surface area contributed by atoms with Crippen LogP contribution in [-0.4, -0.2) is 20.5 Å². The molecule has 268 valence electrons. The summed E-state index contributed by atoms with van der Waals surface area (Å²) in [4.78, 5) is 25.2. The van der Waals surface area contributed by atoms with E-state index in [4.69, 9.17) is 8.85 Å². The molecule has 0 aliphatic rings. The van der Waals surface area contributed by atoms with Crippen molar-refractivity contribution in [2.75, 3.05) is 0 Å². The molecule has 0 atom stereocenters. The van der Waals surface area contributed by atoms with Crippen LogP contribution in [-0.2, 0) is 18.4 Å². The largest absolute Gasteiger partial charge is 0.485 e. The van der Waals surface area contributed by atoms with Crippen molar-refractivity contribution in [2.24, 2.45) is 0 Å². The summed E-state index contributed by atoms with van der Waals surface area (Å²) in [7, 11) is -2.79. The number of carbonyl (C=O) groups is 2. The summed E-state index contributed by atoms with van der Waals surface area (Å²) in [6.45, 7) is 8.55. The van der Waals surface area contributed by atoms with Gasteiger partial charge in [-0.2, -0.15) is 0 Å². The van der Waals surface area contributed by atoms with Crippen molar-refractivity contribution in [1.82, 2.24) is 0 Å². The van der Waals surface area contributed by atoms with Gasteiger partial charge < -0.3 is 8.85 Å². The molecule has 0 aromatic carbocycles. The van der Waals surface area contributed by atoms with Crippen molar-refractivity contribution in [3.05, 3.63) is 0 Å². The molecule has 0 aromatic heterocycles. The molecule has 0 unspecified atom stereocenters. The van der Waals surface area contributed by atoms with Crippen LogP contribution in [0.3, 0.4) is 0 Å². The van der Waals surface area contributed by atoms with Gasteiger partial charge in [0.25, 0.3) is 11.9 Å². The van der Waals surface area contributed by atoms with Gasteiger partial charge in [0.1, 0.15) is 0 Å². The van der Waals surface area contributed by atoms with E-state index >= 15 is 0 Å². The van der Waals surface area contributed by atoms with Gasteiger partial charge >= 0.3 is 8.56 Å². The summed E-state index contributed by atoms with van der Waals surface area (Å²) in [5.74, 6) is -0.334. The highest BCUT2D eigenvalue weighted by Gasteiger charge is 2.41. The molecule has 45 heavy (non-hydrogen) atoms. The number of hydrogen-bond donors (Lipinski definition) is 0. The third-order valence-corrected chi connectivity index (χ3v) is 13.0. The van der Waals surface area contributed by atoms with Crippen LogP contribution >= 0.6 is 0 Å². The molecule has 0 rings (SSSR count). The summed E-state index contributed by atoms with van der Waals surface area (Å²) >= 11 is 0. The average Bonchev–Trinajstić information content (AvgIpc) is 3.04. The summed E-state index contributed by atoms with van der Waals surface area (Å²) in [5, 5.41) is 0. The second kappa shape index (κ2) is 34.5. The minimum absolute atomic E-state index is 0.167. The minimum atomic E-state index is -2.79. The van der Waals surface area contributed by atoms with E-state index in [9.17, 15) is 9.59 Å². The Hall–Kier alpha value is -0.843. The lowest BCUT2D eigenvalue weighted by Gasteiger charge is -2.27. The zero-order valence-electron chi connectivity index (χ0n) is 31.2. The Morgan fingerprint density at radius 2 is 0.533 bits per heavy atom. The number of unbranched alkanes of at least 4 members (excludes halogenated alkanes) is 28. The van der Waals surface area contributed by atoms with Gasteiger partial charge in [-0.1, -0.05) is 207 Å². The molecule has 0 N–H and O–H groups in total. The number of carbonyl (C=O) groups excluding carboxylic acids is 2. The van der Waals surface area contributed by atoms with Crippen molar-refractivity contribution in [1.29, 1.82) is 0 Å². The standard InChI is InChI=1S/C40H80O4Si/c1-5-9-11-13-15-17-19-21-23-25-27-29-31-33-35-37-39(41)43-45(7-3,8-4)44-40(42)38-36-34-32-30-28-26-24-22-20-18-16-14-12-10-6-2/h5-38H2,1-4H3. The normalized spacial score (nSPS) is 11.6. The van der Waals surface area contributed by atoms with Gasteiger partial charge in [0.05, 0.1) is 0 Å². The average molecular weight is 653 g/mol. The lowest BCUT2D eigenvalue weighted by Crippen LogP contribution is -2.44. The summed E-state index contributed by atoms with van der Waals surface area (Å²) in [6, 6.07) is 1.28. The molecule has 0 aliphatic heterocycles. The highest BCUT2D eigenvalue weighted by molar-refractivity contribution is 6.70. The highest BCUT2D eigenvalue weighted by atomic mass is 28.4. The first kappa shape index (κ1) is 44.2. The molecule has 4 nitrogen and oxygen atoms in total. The van der Waals surface area contributed by atoms with Crippen molar-refractivity contribution in [2.45, 2.75) is 245 Å². The van der Waals surface area contributed by atoms with E-state index in [1.165, 1.54) is 167 Å². The second-order valence-electron chi connectivity index (χ2n) is 14.0. The van der Waals surface area contributed by atoms with E-state index in [1.54, 1.807) is 0 Å². The molecule has 5 heteroatoms. The minimum Gasteiger partial charge on any atom is -0.485 e. The van der Waals surface area contributed by atoms with Crippen molar-refractivity contribution in [3.8, 4) is 0 Å². The fourth-order valence-corrected chi connectivity index (χ4v) is 8.51. The zero-order chi connectivity index (χ0) is 33.1. The van der Waals surface area contributed by atoms with Gasteiger partial charge in [-0.3, -0.25) is 9.59 Å². The maximum absolute atomic E-state index is 12.6. The van der Waals surface area contributed by atoms with Gasteiger partial charge in [0, 0.05) is 24.9 Å². The van der Waals surface area contributed by atoms with E-state index in [2.05, 4.69) is 13.8 Å². The predicted molar refractivity (Wildman–Crippen MR) is 198 cm³/mol. The molecule has 0 bridgehead atoms. The van der Waals surface area contributed by atoms with Crippen LogP contribution in [0.4, 0.5) is 0 Å². The maximum Gasteiger partial charge on any atom is 0.463 e.